The molecule has 0 radical (unpaired) electrons. The Bertz CT molecular complexity index is 991. The quantitative estimate of drug-likeness (QED) is 0.672. The molecule has 1 N–H and O–H groups in total. The SMILES string of the molecule is O=C(COC(=O)COc1ccc2ccccc2c1)Nc1ccc(F)c(F)c1. The smallest absolute Gasteiger partial charge is 0.344 e. The molecule has 7 heteroatoms. The van der Waals surface area contributed by atoms with E-state index in [1.54, 1.807) is 12.1 Å². The van der Waals surface area contributed by atoms with E-state index in [1.165, 1.54) is 6.07 Å². The summed E-state index contributed by atoms with van der Waals surface area (Å²) >= 11 is 0. The lowest BCUT2D eigenvalue weighted by atomic mass is 10.1. The highest BCUT2D eigenvalue weighted by Crippen LogP contribution is 2.20. The summed E-state index contributed by atoms with van der Waals surface area (Å²) < 4.78 is 36.1. The highest BCUT2D eigenvalue weighted by atomic mass is 19.2. The lowest BCUT2D eigenvalue weighted by molar-refractivity contribution is -0.149. The highest BCUT2D eigenvalue weighted by molar-refractivity contribution is 5.92. The third-order valence-corrected chi connectivity index (χ3v) is 3.65. The van der Waals surface area contributed by atoms with Gasteiger partial charge in [0.2, 0.25) is 0 Å². The van der Waals surface area contributed by atoms with Crippen LogP contribution in [0, 0.1) is 11.6 Å². The Kier molecular flexibility index (Phi) is 5.61. The van der Waals surface area contributed by atoms with Gasteiger partial charge in [-0.05, 0) is 35.0 Å². The average Bonchev–Trinajstić information content (AvgIpc) is 2.67. The fraction of sp³-hybridized carbons (Fsp3) is 0.100. The molecule has 0 aliphatic heterocycles. The number of carbonyl (C=O) groups excluding carboxylic acids is 2. The second-order valence-electron chi connectivity index (χ2n) is 5.64. The van der Waals surface area contributed by atoms with Crippen molar-refractivity contribution in [3.8, 4) is 5.75 Å². The van der Waals surface area contributed by atoms with Crippen molar-refractivity contribution in [1.29, 1.82) is 0 Å². The molecule has 0 bridgehead atoms. The summed E-state index contributed by atoms with van der Waals surface area (Å²) in [5.41, 5.74) is 0.0577. The van der Waals surface area contributed by atoms with Crippen LogP contribution in [0.15, 0.2) is 60.7 Å². The van der Waals surface area contributed by atoms with Crippen LogP contribution in [0.5, 0.6) is 5.75 Å². The first kappa shape index (κ1) is 18.3. The minimum absolute atomic E-state index is 0.0577. The Morgan fingerprint density at radius 1 is 0.852 bits per heavy atom. The summed E-state index contributed by atoms with van der Waals surface area (Å²) in [5.74, 6) is -3.03. The first-order chi connectivity index (χ1) is 13.0. The molecule has 3 aromatic carbocycles. The maximum absolute atomic E-state index is 13.1. The minimum atomic E-state index is -1.09. The van der Waals surface area contributed by atoms with Crippen molar-refractivity contribution in [2.45, 2.75) is 0 Å². The Hall–Kier alpha value is -3.48. The predicted octanol–water partition coefficient (Wildman–Crippen LogP) is 3.68. The number of hydrogen-bond acceptors (Lipinski definition) is 4. The van der Waals surface area contributed by atoms with Gasteiger partial charge in [-0.15, -0.1) is 0 Å². The van der Waals surface area contributed by atoms with Gasteiger partial charge >= 0.3 is 5.97 Å². The molecule has 0 aliphatic rings. The summed E-state index contributed by atoms with van der Waals surface area (Å²) in [6.07, 6.45) is 0. The van der Waals surface area contributed by atoms with E-state index in [1.807, 2.05) is 30.3 Å². The zero-order chi connectivity index (χ0) is 19.2. The number of esters is 1. The van der Waals surface area contributed by atoms with Crippen LogP contribution in [-0.4, -0.2) is 25.1 Å². The number of amides is 1. The van der Waals surface area contributed by atoms with Gasteiger partial charge in [-0.3, -0.25) is 4.79 Å². The van der Waals surface area contributed by atoms with Gasteiger partial charge in [0, 0.05) is 11.8 Å². The molecule has 1 amide bonds. The van der Waals surface area contributed by atoms with Crippen LogP contribution in [0.3, 0.4) is 0 Å². The number of rotatable bonds is 6. The highest BCUT2D eigenvalue weighted by Gasteiger charge is 2.10. The maximum atomic E-state index is 13.1. The molecule has 0 fully saturated rings. The maximum Gasteiger partial charge on any atom is 0.344 e. The first-order valence-corrected chi connectivity index (χ1v) is 8.03. The van der Waals surface area contributed by atoms with Gasteiger partial charge in [0.25, 0.3) is 5.91 Å². The van der Waals surface area contributed by atoms with E-state index in [0.717, 1.165) is 22.9 Å². The van der Waals surface area contributed by atoms with Crippen molar-refractivity contribution < 1.29 is 27.8 Å². The van der Waals surface area contributed by atoms with Gasteiger partial charge in [-0.2, -0.15) is 0 Å². The summed E-state index contributed by atoms with van der Waals surface area (Å²) in [5, 5.41) is 4.31. The van der Waals surface area contributed by atoms with Crippen LogP contribution in [0.25, 0.3) is 10.8 Å². The molecular formula is C20H15F2NO4. The van der Waals surface area contributed by atoms with E-state index < -0.39 is 30.1 Å². The van der Waals surface area contributed by atoms with Gasteiger partial charge < -0.3 is 14.8 Å². The van der Waals surface area contributed by atoms with Crippen molar-refractivity contribution in [2.24, 2.45) is 0 Å². The van der Waals surface area contributed by atoms with Gasteiger partial charge in [0.1, 0.15) is 5.75 Å². The molecule has 0 saturated heterocycles. The molecule has 3 aromatic rings. The number of halogens is 2. The van der Waals surface area contributed by atoms with Crippen LogP contribution in [0.2, 0.25) is 0 Å². The van der Waals surface area contributed by atoms with E-state index >= 15 is 0 Å². The van der Waals surface area contributed by atoms with Crippen molar-refractivity contribution in [1.82, 2.24) is 0 Å². The molecule has 27 heavy (non-hydrogen) atoms. The molecule has 3 rings (SSSR count). The Balaban J connectivity index is 1.45. The molecule has 138 valence electrons. The predicted molar refractivity (Wildman–Crippen MR) is 95.4 cm³/mol. The summed E-state index contributed by atoms with van der Waals surface area (Å²) in [4.78, 5) is 23.4. The molecule has 0 aliphatic carbocycles. The van der Waals surface area contributed by atoms with E-state index in [9.17, 15) is 18.4 Å². The van der Waals surface area contributed by atoms with E-state index in [2.05, 4.69) is 5.32 Å². The standard InChI is InChI=1S/C20H15F2NO4/c21-17-8-6-15(10-18(17)22)23-19(24)11-27-20(25)12-26-16-7-5-13-3-1-2-4-14(13)9-16/h1-10H,11-12H2,(H,23,24). The van der Waals surface area contributed by atoms with Gasteiger partial charge in [0.15, 0.2) is 24.8 Å². The second kappa shape index (κ2) is 8.27. The molecule has 5 nitrogen and oxygen atoms in total. The molecular weight excluding hydrogens is 356 g/mol. The largest absolute Gasteiger partial charge is 0.482 e. The fourth-order valence-corrected chi connectivity index (χ4v) is 2.36. The summed E-state index contributed by atoms with van der Waals surface area (Å²) in [7, 11) is 0. The topological polar surface area (TPSA) is 64.6 Å². The molecule has 0 aromatic heterocycles. The number of ether oxygens (including phenoxy) is 2. The lowest BCUT2D eigenvalue weighted by Crippen LogP contribution is -2.23. The van der Waals surface area contributed by atoms with E-state index in [4.69, 9.17) is 9.47 Å². The van der Waals surface area contributed by atoms with Crippen LogP contribution in [0.4, 0.5) is 14.5 Å². The molecule has 0 atom stereocenters. The van der Waals surface area contributed by atoms with Gasteiger partial charge in [-0.1, -0.05) is 30.3 Å². The molecule has 0 heterocycles. The van der Waals surface area contributed by atoms with Crippen LogP contribution in [0.1, 0.15) is 0 Å². The van der Waals surface area contributed by atoms with E-state index in [0.29, 0.717) is 5.75 Å². The van der Waals surface area contributed by atoms with E-state index in [-0.39, 0.29) is 12.3 Å². The summed E-state index contributed by atoms with van der Waals surface area (Å²) in [6.45, 7) is -0.935. The second-order valence-corrected chi connectivity index (χ2v) is 5.64. The Labute approximate surface area is 153 Å². The number of nitrogens with one attached hydrogen (secondary N) is 1. The number of anilines is 1. The lowest BCUT2D eigenvalue weighted by Gasteiger charge is -2.09. The zero-order valence-electron chi connectivity index (χ0n) is 14.1. The van der Waals surface area contributed by atoms with Gasteiger partial charge in [0.05, 0.1) is 0 Å². The number of fused-ring (bicyclic) bond motifs is 1. The minimum Gasteiger partial charge on any atom is -0.482 e. The number of carbonyl (C=O) groups is 2. The monoisotopic (exact) mass is 371 g/mol. The average molecular weight is 371 g/mol. The molecule has 0 spiro atoms. The van der Waals surface area contributed by atoms with Crippen molar-refractivity contribution in [3.63, 3.8) is 0 Å². The first-order valence-electron chi connectivity index (χ1n) is 8.03. The third kappa shape index (κ3) is 5.01. The number of benzene rings is 3. The Morgan fingerprint density at radius 2 is 1.63 bits per heavy atom. The summed E-state index contributed by atoms with van der Waals surface area (Å²) in [6, 6.07) is 16.0. The zero-order valence-corrected chi connectivity index (χ0v) is 14.1. The van der Waals surface area contributed by atoms with Crippen LogP contribution in [-0.2, 0) is 14.3 Å². The van der Waals surface area contributed by atoms with Crippen molar-refractivity contribution >= 4 is 28.3 Å². The van der Waals surface area contributed by atoms with Crippen LogP contribution < -0.4 is 10.1 Å². The van der Waals surface area contributed by atoms with Crippen molar-refractivity contribution in [3.05, 3.63) is 72.3 Å². The normalized spacial score (nSPS) is 10.4. The molecule has 0 unspecified atom stereocenters. The number of hydrogen-bond donors (Lipinski definition) is 1. The molecule has 0 saturated carbocycles. The Morgan fingerprint density at radius 3 is 2.41 bits per heavy atom. The van der Waals surface area contributed by atoms with Gasteiger partial charge in [-0.25, -0.2) is 13.6 Å². The fourth-order valence-electron chi connectivity index (χ4n) is 2.36. The van der Waals surface area contributed by atoms with Crippen molar-refractivity contribution in [2.75, 3.05) is 18.5 Å². The van der Waals surface area contributed by atoms with Crippen LogP contribution >= 0.6 is 0 Å². The third-order valence-electron chi connectivity index (χ3n) is 3.65.